The average Bonchev–Trinajstić information content (AvgIpc) is 2.11. The lowest BCUT2D eigenvalue weighted by atomic mass is 10.1. The van der Waals surface area contributed by atoms with Gasteiger partial charge in [-0.3, -0.25) is 0 Å². The molecule has 0 saturated heterocycles. The lowest BCUT2D eigenvalue weighted by Crippen LogP contribution is -2.12. The molecular weight excluding hydrogens is 180 g/mol. The molecule has 0 amide bonds. The minimum Gasteiger partial charge on any atom is -0.396 e. The molecule has 0 aliphatic carbocycles. The maximum Gasteiger partial charge on any atom is 0.0601 e. The Balaban J connectivity index is 3.06. The molecule has 0 radical (unpaired) electrons. The molecule has 4 heteroatoms. The summed E-state index contributed by atoms with van der Waals surface area (Å²) in [6.07, 6.45) is 1.66. The van der Waals surface area contributed by atoms with E-state index in [-0.39, 0.29) is 19.1 Å². The summed E-state index contributed by atoms with van der Waals surface area (Å²) in [6, 6.07) is 0. The van der Waals surface area contributed by atoms with Gasteiger partial charge < -0.3 is 14.9 Å². The fourth-order valence-corrected chi connectivity index (χ4v) is 0.980. The Labute approximate surface area is 78.3 Å². The van der Waals surface area contributed by atoms with Crippen LogP contribution in [0.1, 0.15) is 12.8 Å². The maximum absolute atomic E-state index is 8.71. The van der Waals surface area contributed by atoms with Crippen molar-refractivity contribution < 1.29 is 14.9 Å². The van der Waals surface area contributed by atoms with Gasteiger partial charge in [0.25, 0.3) is 0 Å². The fraction of sp³-hybridized carbons (Fsp3) is 1.00. The van der Waals surface area contributed by atoms with E-state index in [2.05, 4.69) is 0 Å². The predicted molar refractivity (Wildman–Crippen MR) is 48.4 cm³/mol. The van der Waals surface area contributed by atoms with Crippen molar-refractivity contribution in [1.82, 2.24) is 0 Å². The zero-order valence-electron chi connectivity index (χ0n) is 7.21. The number of ether oxygens (including phenoxy) is 1. The van der Waals surface area contributed by atoms with Gasteiger partial charge in [0.05, 0.1) is 6.61 Å². The van der Waals surface area contributed by atoms with E-state index in [0.29, 0.717) is 19.1 Å². The molecule has 0 aromatic heterocycles. The molecule has 0 aromatic carbocycles. The zero-order valence-corrected chi connectivity index (χ0v) is 7.96. The fourth-order valence-electron chi connectivity index (χ4n) is 0.871. The maximum atomic E-state index is 8.71. The van der Waals surface area contributed by atoms with Crippen molar-refractivity contribution >= 4 is 11.6 Å². The summed E-state index contributed by atoms with van der Waals surface area (Å²) in [5, 5.41) is 17.4. The first-order chi connectivity index (χ1) is 5.85. The van der Waals surface area contributed by atoms with Crippen LogP contribution in [0.3, 0.4) is 0 Å². The number of hydrogen-bond acceptors (Lipinski definition) is 3. The van der Waals surface area contributed by atoms with E-state index in [1.54, 1.807) is 0 Å². The summed E-state index contributed by atoms with van der Waals surface area (Å²) in [6.45, 7) is 1.33. The van der Waals surface area contributed by atoms with Gasteiger partial charge in [0, 0.05) is 31.6 Å². The number of halogens is 1. The highest BCUT2D eigenvalue weighted by atomic mass is 35.5. The second-order valence-electron chi connectivity index (χ2n) is 2.67. The Morgan fingerprint density at radius 3 is 2.33 bits per heavy atom. The van der Waals surface area contributed by atoms with Crippen LogP contribution >= 0.6 is 11.6 Å². The predicted octanol–water partition coefficient (Wildman–Crippen LogP) is 0.623. The lowest BCUT2D eigenvalue weighted by molar-refractivity contribution is 0.113. The third-order valence-corrected chi connectivity index (χ3v) is 1.79. The minimum absolute atomic E-state index is 0.00426. The van der Waals surface area contributed by atoms with Gasteiger partial charge in [-0.05, 0) is 12.8 Å². The van der Waals surface area contributed by atoms with Gasteiger partial charge in [-0.25, -0.2) is 0 Å². The first-order valence-corrected chi connectivity index (χ1v) is 4.74. The Morgan fingerprint density at radius 2 is 1.83 bits per heavy atom. The quantitative estimate of drug-likeness (QED) is 0.442. The Hall–Kier alpha value is 0.170. The molecule has 0 fully saturated rings. The normalized spacial score (nSPS) is 11.0. The molecule has 0 bridgehead atoms. The van der Waals surface area contributed by atoms with Crippen molar-refractivity contribution in [1.29, 1.82) is 0 Å². The zero-order chi connectivity index (χ0) is 9.23. The van der Waals surface area contributed by atoms with E-state index >= 15 is 0 Å². The standard InChI is InChI=1S/C8H17ClO3/c9-3-5-12-4-1-2-8(6-10)7-11/h8,10-11H,1-7H2. The topological polar surface area (TPSA) is 49.7 Å². The second-order valence-corrected chi connectivity index (χ2v) is 3.05. The second kappa shape index (κ2) is 9.26. The summed E-state index contributed by atoms with van der Waals surface area (Å²) in [7, 11) is 0. The molecule has 0 rings (SSSR count). The Morgan fingerprint density at radius 1 is 1.17 bits per heavy atom. The Kier molecular flexibility index (Phi) is 9.39. The highest BCUT2D eigenvalue weighted by Crippen LogP contribution is 2.04. The number of hydrogen-bond donors (Lipinski definition) is 2. The summed E-state index contributed by atoms with van der Waals surface area (Å²) < 4.78 is 5.13. The highest BCUT2D eigenvalue weighted by molar-refractivity contribution is 6.17. The van der Waals surface area contributed by atoms with Crippen LogP contribution in [-0.4, -0.2) is 42.5 Å². The van der Waals surface area contributed by atoms with Crippen LogP contribution < -0.4 is 0 Å². The van der Waals surface area contributed by atoms with Gasteiger partial charge in [0.2, 0.25) is 0 Å². The third kappa shape index (κ3) is 6.85. The number of alkyl halides is 1. The first kappa shape index (κ1) is 12.2. The molecule has 0 aliphatic rings. The summed E-state index contributed by atoms with van der Waals surface area (Å²) in [4.78, 5) is 0. The van der Waals surface area contributed by atoms with Crippen LogP contribution in [0.25, 0.3) is 0 Å². The Bertz CT molecular complexity index is 86.4. The molecule has 0 unspecified atom stereocenters. The smallest absolute Gasteiger partial charge is 0.0601 e. The van der Waals surface area contributed by atoms with Crippen molar-refractivity contribution in [3.05, 3.63) is 0 Å². The van der Waals surface area contributed by atoms with Gasteiger partial charge in [0.1, 0.15) is 0 Å². The molecule has 0 atom stereocenters. The van der Waals surface area contributed by atoms with Crippen LogP contribution in [-0.2, 0) is 4.74 Å². The van der Waals surface area contributed by atoms with Gasteiger partial charge >= 0.3 is 0 Å². The lowest BCUT2D eigenvalue weighted by Gasteiger charge is -2.09. The van der Waals surface area contributed by atoms with Crippen LogP contribution in [0.15, 0.2) is 0 Å². The van der Waals surface area contributed by atoms with Crippen LogP contribution in [0, 0.1) is 5.92 Å². The summed E-state index contributed by atoms with van der Waals surface area (Å²) in [5.41, 5.74) is 0. The number of aliphatic hydroxyl groups is 2. The van der Waals surface area contributed by atoms with E-state index in [1.807, 2.05) is 0 Å². The molecule has 0 aromatic rings. The van der Waals surface area contributed by atoms with Crippen molar-refractivity contribution in [3.63, 3.8) is 0 Å². The van der Waals surface area contributed by atoms with E-state index in [1.165, 1.54) is 0 Å². The molecule has 0 aliphatic heterocycles. The van der Waals surface area contributed by atoms with Crippen molar-refractivity contribution in [3.8, 4) is 0 Å². The molecule has 74 valence electrons. The van der Waals surface area contributed by atoms with Crippen molar-refractivity contribution in [2.75, 3.05) is 32.3 Å². The van der Waals surface area contributed by atoms with Gasteiger partial charge in [-0.15, -0.1) is 11.6 Å². The number of aliphatic hydroxyl groups excluding tert-OH is 2. The van der Waals surface area contributed by atoms with E-state index in [0.717, 1.165) is 12.8 Å². The van der Waals surface area contributed by atoms with Gasteiger partial charge in [-0.2, -0.15) is 0 Å². The number of rotatable bonds is 8. The highest BCUT2D eigenvalue weighted by Gasteiger charge is 2.04. The SMILES string of the molecule is OCC(CO)CCCOCCCl. The molecule has 2 N–H and O–H groups in total. The van der Waals surface area contributed by atoms with Crippen LogP contribution in [0.4, 0.5) is 0 Å². The average molecular weight is 197 g/mol. The van der Waals surface area contributed by atoms with Crippen LogP contribution in [0.2, 0.25) is 0 Å². The summed E-state index contributed by atoms with van der Waals surface area (Å²) >= 11 is 5.39. The van der Waals surface area contributed by atoms with Gasteiger partial charge in [-0.1, -0.05) is 0 Å². The molecule has 3 nitrogen and oxygen atoms in total. The molecule has 0 heterocycles. The minimum atomic E-state index is 0.00426. The molecular formula is C8H17ClO3. The largest absolute Gasteiger partial charge is 0.396 e. The molecule has 0 spiro atoms. The van der Waals surface area contributed by atoms with E-state index < -0.39 is 0 Å². The van der Waals surface area contributed by atoms with Crippen molar-refractivity contribution in [2.45, 2.75) is 12.8 Å². The monoisotopic (exact) mass is 196 g/mol. The first-order valence-electron chi connectivity index (χ1n) is 4.20. The summed E-state index contributed by atoms with van der Waals surface area (Å²) in [5.74, 6) is 0.522. The van der Waals surface area contributed by atoms with E-state index in [9.17, 15) is 0 Å². The molecule has 0 saturated carbocycles. The van der Waals surface area contributed by atoms with E-state index in [4.69, 9.17) is 26.6 Å². The van der Waals surface area contributed by atoms with Crippen LogP contribution in [0.5, 0.6) is 0 Å². The van der Waals surface area contributed by atoms with Gasteiger partial charge in [0.15, 0.2) is 0 Å². The van der Waals surface area contributed by atoms with Crippen molar-refractivity contribution in [2.24, 2.45) is 5.92 Å². The molecule has 12 heavy (non-hydrogen) atoms. The third-order valence-electron chi connectivity index (χ3n) is 1.64.